The number of nitrogens with one attached hydrogen (secondary N) is 1. The van der Waals surface area contributed by atoms with Gasteiger partial charge in [0.25, 0.3) is 0 Å². The number of fused-ring (bicyclic) bond motifs is 1. The lowest BCUT2D eigenvalue weighted by molar-refractivity contribution is 0.00864. The Balaban J connectivity index is 1.35. The summed E-state index contributed by atoms with van der Waals surface area (Å²) < 4.78 is 33.2. The number of imidazole rings is 1. The molecule has 2 unspecified atom stereocenters. The highest BCUT2D eigenvalue weighted by molar-refractivity contribution is 5.74. The lowest BCUT2D eigenvalue weighted by atomic mass is 10.2. The van der Waals surface area contributed by atoms with Crippen LogP contribution in [0.1, 0.15) is 11.4 Å². The van der Waals surface area contributed by atoms with Crippen LogP contribution in [0.2, 0.25) is 0 Å². The van der Waals surface area contributed by atoms with E-state index in [1.807, 2.05) is 30.3 Å². The number of rotatable bonds is 5. The van der Waals surface area contributed by atoms with E-state index >= 15 is 0 Å². The number of hydrogen-bond donors (Lipinski definition) is 1. The molecule has 0 aliphatic carbocycles. The number of aromatic amines is 1. The maximum atomic E-state index is 14.3. The molecule has 130 valence electrons. The lowest BCUT2D eigenvalue weighted by Gasteiger charge is -2.15. The van der Waals surface area contributed by atoms with Gasteiger partial charge in [0.2, 0.25) is 0 Å². The number of nitrogens with zero attached hydrogens (tertiary/aromatic N) is 2. The SMILES string of the molecule is Fc1ccc2nc(COC3CN(Cc4ccccc4)CC3F)[nH]c2c1. The average molecular weight is 343 g/mol. The molecule has 4 nitrogen and oxygen atoms in total. The van der Waals surface area contributed by atoms with Crippen LogP contribution in [-0.4, -0.2) is 40.2 Å². The van der Waals surface area contributed by atoms with E-state index in [2.05, 4.69) is 14.9 Å². The topological polar surface area (TPSA) is 41.1 Å². The van der Waals surface area contributed by atoms with Crippen molar-refractivity contribution >= 4 is 11.0 Å². The summed E-state index contributed by atoms with van der Waals surface area (Å²) in [5.74, 6) is 0.258. The lowest BCUT2D eigenvalue weighted by Crippen LogP contribution is -2.24. The van der Waals surface area contributed by atoms with Crippen molar-refractivity contribution in [2.75, 3.05) is 13.1 Å². The molecule has 0 spiro atoms. The number of alkyl halides is 1. The standard InChI is InChI=1S/C19H19F2N3O/c20-14-6-7-16-17(8-14)23-19(22-16)12-25-18-11-24(10-15(18)21)9-13-4-2-1-3-5-13/h1-8,15,18H,9-12H2,(H,22,23). The number of aromatic nitrogens is 2. The molecule has 2 heterocycles. The van der Waals surface area contributed by atoms with E-state index in [4.69, 9.17) is 4.74 Å². The van der Waals surface area contributed by atoms with Gasteiger partial charge in [-0.3, -0.25) is 4.90 Å². The first-order valence-electron chi connectivity index (χ1n) is 8.33. The normalized spacial score (nSPS) is 21.2. The second-order valence-electron chi connectivity index (χ2n) is 6.39. The van der Waals surface area contributed by atoms with Gasteiger partial charge in [-0.1, -0.05) is 30.3 Å². The van der Waals surface area contributed by atoms with Crippen LogP contribution in [0.5, 0.6) is 0 Å². The van der Waals surface area contributed by atoms with Crippen LogP contribution in [0.4, 0.5) is 8.78 Å². The molecule has 0 bridgehead atoms. The second kappa shape index (κ2) is 6.90. The molecule has 3 aromatic rings. The molecule has 1 saturated heterocycles. The third-order valence-electron chi connectivity index (χ3n) is 4.45. The smallest absolute Gasteiger partial charge is 0.140 e. The molecular weight excluding hydrogens is 324 g/mol. The molecule has 6 heteroatoms. The first kappa shape index (κ1) is 16.2. The molecule has 4 rings (SSSR count). The number of hydrogen-bond acceptors (Lipinski definition) is 3. The van der Waals surface area contributed by atoms with Crippen LogP contribution in [0.25, 0.3) is 11.0 Å². The van der Waals surface area contributed by atoms with Crippen LogP contribution >= 0.6 is 0 Å². The summed E-state index contributed by atoms with van der Waals surface area (Å²) in [6.45, 7) is 1.81. The van der Waals surface area contributed by atoms with Crippen molar-refractivity contribution in [3.8, 4) is 0 Å². The number of ether oxygens (including phenoxy) is 1. The van der Waals surface area contributed by atoms with Gasteiger partial charge in [0, 0.05) is 19.6 Å². The van der Waals surface area contributed by atoms with E-state index in [1.165, 1.54) is 12.1 Å². The van der Waals surface area contributed by atoms with Gasteiger partial charge in [-0.2, -0.15) is 0 Å². The molecule has 1 N–H and O–H groups in total. The Morgan fingerprint density at radius 3 is 2.84 bits per heavy atom. The Hall–Kier alpha value is -2.31. The minimum Gasteiger partial charge on any atom is -0.366 e. The quantitative estimate of drug-likeness (QED) is 0.772. The fraction of sp³-hybridized carbons (Fsp3) is 0.316. The highest BCUT2D eigenvalue weighted by atomic mass is 19.1. The van der Waals surface area contributed by atoms with Crippen LogP contribution in [0.3, 0.4) is 0 Å². The summed E-state index contributed by atoms with van der Waals surface area (Å²) in [5, 5.41) is 0. The molecule has 0 saturated carbocycles. The molecular formula is C19H19F2N3O. The van der Waals surface area contributed by atoms with Gasteiger partial charge in [0.05, 0.1) is 11.0 Å². The summed E-state index contributed by atoms with van der Waals surface area (Å²) in [7, 11) is 0. The summed E-state index contributed by atoms with van der Waals surface area (Å²) in [6.07, 6.45) is -1.50. The van der Waals surface area contributed by atoms with Crippen LogP contribution < -0.4 is 0 Å². The molecule has 1 aliphatic rings. The van der Waals surface area contributed by atoms with Crippen molar-refractivity contribution in [3.63, 3.8) is 0 Å². The first-order valence-corrected chi connectivity index (χ1v) is 8.33. The first-order chi connectivity index (χ1) is 12.2. The summed E-state index contributed by atoms with van der Waals surface area (Å²) in [6, 6.07) is 14.4. The molecule has 1 fully saturated rings. The molecule has 2 aromatic carbocycles. The zero-order chi connectivity index (χ0) is 17.2. The van der Waals surface area contributed by atoms with Gasteiger partial charge in [0.15, 0.2) is 0 Å². The van der Waals surface area contributed by atoms with Gasteiger partial charge in [-0.25, -0.2) is 13.8 Å². The molecule has 0 amide bonds. The summed E-state index contributed by atoms with van der Waals surface area (Å²) >= 11 is 0. The predicted octanol–water partition coefficient (Wildman–Crippen LogP) is 3.44. The molecule has 1 aromatic heterocycles. The van der Waals surface area contributed by atoms with E-state index in [0.717, 1.165) is 5.56 Å². The van der Waals surface area contributed by atoms with E-state index < -0.39 is 12.3 Å². The maximum absolute atomic E-state index is 14.3. The van der Waals surface area contributed by atoms with E-state index in [-0.39, 0.29) is 12.4 Å². The van der Waals surface area contributed by atoms with Crippen molar-refractivity contribution in [1.82, 2.24) is 14.9 Å². The van der Waals surface area contributed by atoms with Crippen molar-refractivity contribution in [3.05, 3.63) is 65.7 Å². The van der Waals surface area contributed by atoms with Gasteiger partial charge in [-0.05, 0) is 23.8 Å². The Kier molecular flexibility index (Phi) is 4.46. The van der Waals surface area contributed by atoms with Crippen LogP contribution in [-0.2, 0) is 17.9 Å². The number of halogens is 2. The average Bonchev–Trinajstić information content (AvgIpc) is 3.16. The monoisotopic (exact) mass is 343 g/mol. The largest absolute Gasteiger partial charge is 0.366 e. The van der Waals surface area contributed by atoms with Gasteiger partial charge < -0.3 is 9.72 Å². The number of H-pyrrole nitrogens is 1. The zero-order valence-corrected chi connectivity index (χ0v) is 13.7. The maximum Gasteiger partial charge on any atom is 0.140 e. The van der Waals surface area contributed by atoms with Crippen molar-refractivity contribution < 1.29 is 13.5 Å². The fourth-order valence-corrected chi connectivity index (χ4v) is 3.22. The minimum absolute atomic E-state index is 0.181. The highest BCUT2D eigenvalue weighted by Gasteiger charge is 2.33. The fourth-order valence-electron chi connectivity index (χ4n) is 3.22. The van der Waals surface area contributed by atoms with Gasteiger partial charge in [-0.15, -0.1) is 0 Å². The van der Waals surface area contributed by atoms with E-state index in [1.54, 1.807) is 6.07 Å². The van der Waals surface area contributed by atoms with Crippen LogP contribution in [0.15, 0.2) is 48.5 Å². The third-order valence-corrected chi connectivity index (χ3v) is 4.45. The predicted molar refractivity (Wildman–Crippen MR) is 91.2 cm³/mol. The third kappa shape index (κ3) is 3.70. The van der Waals surface area contributed by atoms with Gasteiger partial charge >= 0.3 is 0 Å². The molecule has 25 heavy (non-hydrogen) atoms. The van der Waals surface area contributed by atoms with Crippen molar-refractivity contribution in [1.29, 1.82) is 0 Å². The number of benzene rings is 2. The Labute approximate surface area is 144 Å². The van der Waals surface area contributed by atoms with E-state index in [0.29, 0.717) is 36.5 Å². The summed E-state index contributed by atoms with van der Waals surface area (Å²) in [5.41, 5.74) is 2.45. The Bertz CT molecular complexity index is 852. The van der Waals surface area contributed by atoms with Crippen LogP contribution in [0, 0.1) is 5.82 Å². The van der Waals surface area contributed by atoms with E-state index in [9.17, 15) is 8.78 Å². The Morgan fingerprint density at radius 1 is 1.16 bits per heavy atom. The zero-order valence-electron chi connectivity index (χ0n) is 13.7. The Morgan fingerprint density at radius 2 is 2.00 bits per heavy atom. The molecule has 1 aliphatic heterocycles. The van der Waals surface area contributed by atoms with Crippen molar-refractivity contribution in [2.24, 2.45) is 0 Å². The molecule has 0 radical (unpaired) electrons. The highest BCUT2D eigenvalue weighted by Crippen LogP contribution is 2.21. The molecule has 2 atom stereocenters. The van der Waals surface area contributed by atoms with Crippen molar-refractivity contribution in [2.45, 2.75) is 25.4 Å². The number of likely N-dealkylation sites (tertiary alicyclic amines) is 1. The second-order valence-corrected chi connectivity index (χ2v) is 6.39. The minimum atomic E-state index is -1.02. The summed E-state index contributed by atoms with van der Waals surface area (Å²) in [4.78, 5) is 9.41. The van der Waals surface area contributed by atoms with Gasteiger partial charge in [0.1, 0.15) is 30.5 Å².